The molecule has 0 aliphatic carbocycles. The average molecular weight is 349 g/mol. The molecular weight excluding hydrogens is 328 g/mol. The number of amides is 1. The van der Waals surface area contributed by atoms with Gasteiger partial charge in [0.15, 0.2) is 21.4 Å². The van der Waals surface area contributed by atoms with Gasteiger partial charge in [-0.3, -0.25) is 4.79 Å². The highest BCUT2D eigenvalue weighted by Gasteiger charge is 2.42. The van der Waals surface area contributed by atoms with Crippen molar-refractivity contribution in [3.63, 3.8) is 0 Å². The van der Waals surface area contributed by atoms with Crippen molar-refractivity contribution >= 4 is 15.7 Å². The molecule has 23 heavy (non-hydrogen) atoms. The van der Waals surface area contributed by atoms with Crippen LogP contribution in [-0.4, -0.2) is 43.3 Å². The van der Waals surface area contributed by atoms with E-state index in [0.717, 1.165) is 6.07 Å². The molecule has 5 nitrogen and oxygen atoms in total. The van der Waals surface area contributed by atoms with Crippen LogP contribution in [0.3, 0.4) is 0 Å². The summed E-state index contributed by atoms with van der Waals surface area (Å²) >= 11 is 0. The Morgan fingerprint density at radius 2 is 2.00 bits per heavy atom. The molecule has 130 valence electrons. The van der Waals surface area contributed by atoms with Crippen LogP contribution in [0.15, 0.2) is 10.5 Å². The maximum absolute atomic E-state index is 12.7. The fourth-order valence-corrected chi connectivity index (χ4v) is 4.53. The lowest BCUT2D eigenvalue weighted by Crippen LogP contribution is -2.56. The summed E-state index contributed by atoms with van der Waals surface area (Å²) in [6.07, 6.45) is -2.80. The summed E-state index contributed by atoms with van der Waals surface area (Å²) in [5, 5.41) is 0. The fourth-order valence-electron chi connectivity index (χ4n) is 2.72. The number of nitrogens with zero attached hydrogens (tertiary/aromatic N) is 1. The van der Waals surface area contributed by atoms with Crippen LogP contribution >= 0.6 is 0 Å². The number of hydrogen-bond acceptors (Lipinski definition) is 4. The van der Waals surface area contributed by atoms with Gasteiger partial charge in [0.25, 0.3) is 12.3 Å². The third-order valence-corrected chi connectivity index (χ3v) is 5.67. The van der Waals surface area contributed by atoms with Gasteiger partial charge in [0, 0.05) is 12.1 Å². The molecule has 1 aromatic heterocycles. The maximum atomic E-state index is 12.7. The van der Waals surface area contributed by atoms with Crippen LogP contribution in [0, 0.1) is 12.3 Å². The molecule has 2 rings (SSSR count). The van der Waals surface area contributed by atoms with Crippen molar-refractivity contribution in [3.05, 3.63) is 23.2 Å². The van der Waals surface area contributed by atoms with Crippen LogP contribution in [-0.2, 0) is 9.84 Å². The summed E-state index contributed by atoms with van der Waals surface area (Å²) in [5.41, 5.74) is -0.138. The highest BCUT2D eigenvalue weighted by Crippen LogP contribution is 2.32. The summed E-state index contributed by atoms with van der Waals surface area (Å²) in [7, 11) is -3.23. The Bertz CT molecular complexity index is 704. The van der Waals surface area contributed by atoms with Crippen molar-refractivity contribution in [3.8, 4) is 0 Å². The Morgan fingerprint density at radius 3 is 2.48 bits per heavy atom. The predicted molar refractivity (Wildman–Crippen MR) is 81.3 cm³/mol. The number of carbonyl (C=O) groups excluding carboxylic acids is 1. The minimum atomic E-state index is -3.23. The van der Waals surface area contributed by atoms with Crippen molar-refractivity contribution in [2.24, 2.45) is 5.41 Å². The standard InChI is InChI=1S/C15H21F2NO4S/c1-9-7-10(13(16)17)22-12(9)14(19)18-5-6-23(20,21)8-11(18)15(2,3)4/h7,11,13H,5-6,8H2,1-4H3. The summed E-state index contributed by atoms with van der Waals surface area (Å²) in [5.74, 6) is -1.50. The monoisotopic (exact) mass is 349 g/mol. The molecule has 0 bridgehead atoms. The molecule has 0 N–H and O–H groups in total. The summed E-state index contributed by atoms with van der Waals surface area (Å²) in [6, 6.07) is 0.610. The van der Waals surface area contributed by atoms with Crippen molar-refractivity contribution in [2.75, 3.05) is 18.1 Å². The van der Waals surface area contributed by atoms with Gasteiger partial charge in [0.05, 0.1) is 17.5 Å². The molecule has 1 fully saturated rings. The van der Waals surface area contributed by atoms with Crippen molar-refractivity contribution in [2.45, 2.75) is 40.2 Å². The molecule has 1 unspecified atom stereocenters. The van der Waals surface area contributed by atoms with Gasteiger partial charge in [-0.2, -0.15) is 0 Å². The highest BCUT2D eigenvalue weighted by molar-refractivity contribution is 7.91. The van der Waals surface area contributed by atoms with E-state index in [4.69, 9.17) is 4.42 Å². The number of alkyl halides is 2. The number of hydrogen-bond donors (Lipinski definition) is 0. The zero-order chi connectivity index (χ0) is 17.6. The number of rotatable bonds is 2. The van der Waals surface area contributed by atoms with E-state index in [1.165, 1.54) is 11.8 Å². The minimum absolute atomic E-state index is 0.0350. The van der Waals surface area contributed by atoms with E-state index >= 15 is 0 Å². The number of halogens is 2. The molecule has 0 radical (unpaired) electrons. The van der Waals surface area contributed by atoms with Crippen molar-refractivity contribution < 1.29 is 26.4 Å². The molecule has 0 aromatic carbocycles. The molecule has 1 saturated heterocycles. The molecule has 2 heterocycles. The highest BCUT2D eigenvalue weighted by atomic mass is 32.2. The fraction of sp³-hybridized carbons (Fsp3) is 0.667. The topological polar surface area (TPSA) is 67.6 Å². The van der Waals surface area contributed by atoms with Crippen LogP contribution in [0.2, 0.25) is 0 Å². The zero-order valence-electron chi connectivity index (χ0n) is 13.6. The second-order valence-electron chi connectivity index (χ2n) is 6.96. The Kier molecular flexibility index (Phi) is 4.58. The summed E-state index contributed by atoms with van der Waals surface area (Å²) in [4.78, 5) is 14.1. The quantitative estimate of drug-likeness (QED) is 0.823. The van der Waals surface area contributed by atoms with E-state index in [0.29, 0.717) is 5.56 Å². The Hall–Kier alpha value is -1.44. The van der Waals surface area contributed by atoms with Gasteiger partial charge in [-0.1, -0.05) is 20.8 Å². The molecule has 8 heteroatoms. The predicted octanol–water partition coefficient (Wildman–Crippen LogP) is 2.81. The molecule has 1 aliphatic heterocycles. The first-order valence-corrected chi connectivity index (χ1v) is 9.14. The van der Waals surface area contributed by atoms with Gasteiger partial charge >= 0.3 is 0 Å². The van der Waals surface area contributed by atoms with Gasteiger partial charge in [0.2, 0.25) is 0 Å². The average Bonchev–Trinajstić information content (AvgIpc) is 2.78. The molecule has 1 aliphatic rings. The Balaban J connectivity index is 2.37. The van der Waals surface area contributed by atoms with E-state index in [-0.39, 0.29) is 23.8 Å². The molecular formula is C15H21F2NO4S. The Labute approximate surface area is 134 Å². The summed E-state index contributed by atoms with van der Waals surface area (Å²) < 4.78 is 54.3. The normalized spacial score (nSPS) is 21.7. The first-order chi connectivity index (χ1) is 10.4. The van der Waals surface area contributed by atoms with Crippen LogP contribution in [0.25, 0.3) is 0 Å². The van der Waals surface area contributed by atoms with Gasteiger partial charge in [-0.15, -0.1) is 0 Å². The SMILES string of the molecule is Cc1cc(C(F)F)oc1C(=O)N1CCS(=O)(=O)CC1C(C)(C)C. The van der Waals surface area contributed by atoms with Crippen LogP contribution in [0.1, 0.15) is 49.1 Å². The van der Waals surface area contributed by atoms with Gasteiger partial charge in [0.1, 0.15) is 0 Å². The first-order valence-electron chi connectivity index (χ1n) is 7.32. The smallest absolute Gasteiger partial charge is 0.295 e. The zero-order valence-corrected chi connectivity index (χ0v) is 14.4. The van der Waals surface area contributed by atoms with E-state index < -0.39 is 39.4 Å². The number of carbonyl (C=O) groups is 1. The summed E-state index contributed by atoms with van der Waals surface area (Å²) in [6.45, 7) is 7.09. The lowest BCUT2D eigenvalue weighted by molar-refractivity contribution is 0.0516. The van der Waals surface area contributed by atoms with Crippen LogP contribution < -0.4 is 0 Å². The molecule has 0 saturated carbocycles. The van der Waals surface area contributed by atoms with Crippen molar-refractivity contribution in [1.82, 2.24) is 4.90 Å². The van der Waals surface area contributed by atoms with Gasteiger partial charge in [-0.05, 0) is 18.4 Å². The number of sulfone groups is 1. The molecule has 1 aromatic rings. The first kappa shape index (κ1) is 17.9. The minimum Gasteiger partial charge on any atom is -0.450 e. The van der Waals surface area contributed by atoms with Crippen LogP contribution in [0.4, 0.5) is 8.78 Å². The number of aryl methyl sites for hydroxylation is 1. The third-order valence-electron chi connectivity index (χ3n) is 4.04. The third kappa shape index (κ3) is 3.73. The number of furan rings is 1. The molecule has 0 spiro atoms. The maximum Gasteiger partial charge on any atom is 0.295 e. The van der Waals surface area contributed by atoms with Crippen LogP contribution in [0.5, 0.6) is 0 Å². The van der Waals surface area contributed by atoms with Crippen molar-refractivity contribution in [1.29, 1.82) is 0 Å². The van der Waals surface area contributed by atoms with E-state index in [1.54, 1.807) is 0 Å². The van der Waals surface area contributed by atoms with E-state index in [1.807, 2.05) is 20.8 Å². The van der Waals surface area contributed by atoms with Gasteiger partial charge < -0.3 is 9.32 Å². The van der Waals surface area contributed by atoms with Gasteiger partial charge in [-0.25, -0.2) is 17.2 Å². The molecule has 1 atom stereocenters. The lowest BCUT2D eigenvalue weighted by Gasteiger charge is -2.42. The Morgan fingerprint density at radius 1 is 1.39 bits per heavy atom. The second-order valence-corrected chi connectivity index (χ2v) is 9.19. The van der Waals surface area contributed by atoms with E-state index in [2.05, 4.69) is 0 Å². The molecule has 1 amide bonds. The second kappa shape index (κ2) is 5.89. The lowest BCUT2D eigenvalue weighted by atomic mass is 9.86. The van der Waals surface area contributed by atoms with E-state index in [9.17, 15) is 22.0 Å². The largest absolute Gasteiger partial charge is 0.450 e.